The minimum atomic E-state index is -0.322. The van der Waals surface area contributed by atoms with E-state index in [1.165, 1.54) is 24.9 Å². The molecule has 0 unspecified atom stereocenters. The molecule has 6 nitrogen and oxygen atoms in total. The highest BCUT2D eigenvalue weighted by Crippen LogP contribution is 2.23. The molecular weight excluding hydrogens is 374 g/mol. The Labute approximate surface area is 168 Å². The van der Waals surface area contributed by atoms with E-state index in [0.717, 1.165) is 18.8 Å². The average molecular weight is 394 g/mol. The van der Waals surface area contributed by atoms with Crippen molar-refractivity contribution >= 4 is 40.4 Å². The van der Waals surface area contributed by atoms with Gasteiger partial charge < -0.3 is 15.5 Å². The second kappa shape index (κ2) is 8.27. The van der Waals surface area contributed by atoms with Crippen molar-refractivity contribution in [3.05, 3.63) is 71.6 Å². The number of hydrogen-bond acceptors (Lipinski definition) is 5. The molecule has 7 heteroatoms. The third-order valence-electron chi connectivity index (χ3n) is 4.59. The van der Waals surface area contributed by atoms with Crippen LogP contribution in [0.15, 0.2) is 60.9 Å². The lowest BCUT2D eigenvalue weighted by Gasteiger charge is -2.17. The minimum Gasteiger partial charge on any atom is -0.372 e. The van der Waals surface area contributed by atoms with Crippen LogP contribution < -0.4 is 15.5 Å². The standard InChI is InChI=1S/C21H20ClN5O/c22-15-4-3-5-17(12-15)26-21(28)19-13-20(24-14-23-19)25-16-6-8-18(9-7-16)27-10-1-2-11-27/h3-9,12-14H,1-2,10-11H2,(H,26,28)(H,23,24,25). The van der Waals surface area contributed by atoms with E-state index in [9.17, 15) is 4.79 Å². The van der Waals surface area contributed by atoms with E-state index in [-0.39, 0.29) is 11.6 Å². The van der Waals surface area contributed by atoms with Gasteiger partial charge in [-0.1, -0.05) is 17.7 Å². The van der Waals surface area contributed by atoms with Crippen LogP contribution >= 0.6 is 11.6 Å². The second-order valence-electron chi connectivity index (χ2n) is 6.62. The van der Waals surface area contributed by atoms with E-state index < -0.39 is 0 Å². The van der Waals surface area contributed by atoms with Gasteiger partial charge >= 0.3 is 0 Å². The number of carbonyl (C=O) groups excluding carboxylic acids is 1. The number of amides is 1. The van der Waals surface area contributed by atoms with Crippen molar-refractivity contribution in [1.82, 2.24) is 9.97 Å². The number of anilines is 4. The summed E-state index contributed by atoms with van der Waals surface area (Å²) in [7, 11) is 0. The van der Waals surface area contributed by atoms with Gasteiger partial charge in [-0.25, -0.2) is 9.97 Å². The maximum Gasteiger partial charge on any atom is 0.274 e. The van der Waals surface area contributed by atoms with Crippen LogP contribution in [0.3, 0.4) is 0 Å². The van der Waals surface area contributed by atoms with E-state index in [1.54, 1.807) is 30.3 Å². The van der Waals surface area contributed by atoms with Crippen molar-refractivity contribution in [3.8, 4) is 0 Å². The number of hydrogen-bond donors (Lipinski definition) is 2. The van der Waals surface area contributed by atoms with Crippen molar-refractivity contribution in [2.75, 3.05) is 28.6 Å². The molecule has 0 atom stereocenters. The van der Waals surface area contributed by atoms with Gasteiger partial charge in [0.2, 0.25) is 0 Å². The number of halogens is 1. The molecule has 0 aliphatic carbocycles. The zero-order valence-electron chi connectivity index (χ0n) is 15.2. The third-order valence-corrected chi connectivity index (χ3v) is 4.83. The van der Waals surface area contributed by atoms with Crippen molar-refractivity contribution < 1.29 is 4.79 Å². The van der Waals surface area contributed by atoms with Gasteiger partial charge in [0.1, 0.15) is 17.8 Å². The Morgan fingerprint density at radius 1 is 0.964 bits per heavy atom. The minimum absolute atomic E-state index is 0.270. The van der Waals surface area contributed by atoms with Crippen molar-refractivity contribution in [2.24, 2.45) is 0 Å². The summed E-state index contributed by atoms with van der Waals surface area (Å²) < 4.78 is 0. The monoisotopic (exact) mass is 393 g/mol. The molecule has 2 heterocycles. The lowest BCUT2D eigenvalue weighted by atomic mass is 10.2. The predicted octanol–water partition coefficient (Wildman–Crippen LogP) is 4.73. The highest BCUT2D eigenvalue weighted by molar-refractivity contribution is 6.30. The summed E-state index contributed by atoms with van der Waals surface area (Å²) in [6, 6.07) is 16.8. The van der Waals surface area contributed by atoms with Crippen LogP contribution in [0.4, 0.5) is 22.9 Å². The molecule has 4 rings (SSSR count). The topological polar surface area (TPSA) is 70.2 Å². The first-order chi connectivity index (χ1) is 13.7. The molecule has 1 aliphatic rings. The summed E-state index contributed by atoms with van der Waals surface area (Å²) in [5.74, 6) is 0.234. The highest BCUT2D eigenvalue weighted by Gasteiger charge is 2.12. The van der Waals surface area contributed by atoms with Crippen molar-refractivity contribution in [3.63, 3.8) is 0 Å². The lowest BCUT2D eigenvalue weighted by Crippen LogP contribution is -2.17. The van der Waals surface area contributed by atoms with E-state index >= 15 is 0 Å². The number of nitrogens with zero attached hydrogens (tertiary/aromatic N) is 3. The van der Waals surface area contributed by atoms with Gasteiger partial charge in [-0.3, -0.25) is 4.79 Å². The molecule has 0 bridgehead atoms. The summed E-state index contributed by atoms with van der Waals surface area (Å²) >= 11 is 5.95. The Bertz CT molecular complexity index is 971. The summed E-state index contributed by atoms with van der Waals surface area (Å²) in [4.78, 5) is 23.1. The average Bonchev–Trinajstić information content (AvgIpc) is 3.24. The molecule has 2 aromatic carbocycles. The Morgan fingerprint density at radius 2 is 1.75 bits per heavy atom. The SMILES string of the molecule is O=C(Nc1cccc(Cl)c1)c1cc(Nc2ccc(N3CCCC3)cc2)ncn1. The summed E-state index contributed by atoms with van der Waals surface area (Å²) in [5, 5.41) is 6.56. The third kappa shape index (κ3) is 4.40. The van der Waals surface area contributed by atoms with Crippen LogP contribution in [-0.2, 0) is 0 Å². The highest BCUT2D eigenvalue weighted by atomic mass is 35.5. The zero-order valence-corrected chi connectivity index (χ0v) is 16.0. The fourth-order valence-electron chi connectivity index (χ4n) is 3.19. The van der Waals surface area contributed by atoms with Crippen LogP contribution in [0.2, 0.25) is 5.02 Å². The number of nitrogens with one attached hydrogen (secondary N) is 2. The Morgan fingerprint density at radius 3 is 2.50 bits per heavy atom. The molecule has 1 saturated heterocycles. The molecule has 142 valence electrons. The van der Waals surface area contributed by atoms with E-state index in [4.69, 9.17) is 11.6 Å². The van der Waals surface area contributed by atoms with Crippen molar-refractivity contribution in [1.29, 1.82) is 0 Å². The molecule has 0 saturated carbocycles. The van der Waals surface area contributed by atoms with Gasteiger partial charge in [0.15, 0.2) is 0 Å². The maximum absolute atomic E-state index is 12.4. The Balaban J connectivity index is 1.44. The first-order valence-electron chi connectivity index (χ1n) is 9.18. The molecule has 1 amide bonds. The Kier molecular flexibility index (Phi) is 5.39. The van der Waals surface area contributed by atoms with E-state index in [1.807, 2.05) is 12.1 Å². The second-order valence-corrected chi connectivity index (χ2v) is 7.06. The van der Waals surface area contributed by atoms with Gasteiger partial charge in [-0.05, 0) is 55.3 Å². The maximum atomic E-state index is 12.4. The van der Waals surface area contributed by atoms with Crippen LogP contribution in [0, 0.1) is 0 Å². The van der Waals surface area contributed by atoms with Crippen LogP contribution in [0.25, 0.3) is 0 Å². The molecular formula is C21H20ClN5O. The summed E-state index contributed by atoms with van der Waals surface area (Å²) in [5.41, 5.74) is 3.02. The van der Waals surface area contributed by atoms with Crippen LogP contribution in [0.5, 0.6) is 0 Å². The number of aromatic nitrogens is 2. The molecule has 1 aromatic heterocycles. The van der Waals surface area contributed by atoms with E-state index in [0.29, 0.717) is 16.5 Å². The number of carbonyl (C=O) groups is 1. The first kappa shape index (κ1) is 18.3. The molecule has 28 heavy (non-hydrogen) atoms. The molecule has 3 aromatic rings. The van der Waals surface area contributed by atoms with E-state index in [2.05, 4.69) is 37.6 Å². The van der Waals surface area contributed by atoms with Gasteiger partial charge in [0, 0.05) is 41.2 Å². The fraction of sp³-hybridized carbons (Fsp3) is 0.190. The number of rotatable bonds is 5. The largest absolute Gasteiger partial charge is 0.372 e. The fourth-order valence-corrected chi connectivity index (χ4v) is 3.38. The molecule has 0 spiro atoms. The molecule has 0 radical (unpaired) electrons. The number of benzene rings is 2. The molecule has 1 fully saturated rings. The van der Waals surface area contributed by atoms with Gasteiger partial charge in [0.25, 0.3) is 5.91 Å². The smallest absolute Gasteiger partial charge is 0.274 e. The van der Waals surface area contributed by atoms with Gasteiger partial charge in [-0.2, -0.15) is 0 Å². The molecule has 1 aliphatic heterocycles. The van der Waals surface area contributed by atoms with Crippen LogP contribution in [-0.4, -0.2) is 29.0 Å². The first-order valence-corrected chi connectivity index (χ1v) is 9.56. The summed E-state index contributed by atoms with van der Waals surface area (Å²) in [6.45, 7) is 2.23. The quantitative estimate of drug-likeness (QED) is 0.656. The lowest BCUT2D eigenvalue weighted by molar-refractivity contribution is 0.102. The van der Waals surface area contributed by atoms with Gasteiger partial charge in [-0.15, -0.1) is 0 Å². The predicted molar refractivity (Wildman–Crippen MR) is 113 cm³/mol. The molecule has 2 N–H and O–H groups in total. The zero-order chi connectivity index (χ0) is 19.3. The van der Waals surface area contributed by atoms with Crippen molar-refractivity contribution in [2.45, 2.75) is 12.8 Å². The normalized spacial score (nSPS) is 13.4. The van der Waals surface area contributed by atoms with Gasteiger partial charge in [0.05, 0.1) is 0 Å². The van der Waals surface area contributed by atoms with Crippen LogP contribution in [0.1, 0.15) is 23.3 Å². The summed E-state index contributed by atoms with van der Waals surface area (Å²) in [6.07, 6.45) is 3.87. The Hall–Kier alpha value is -3.12.